The molecular weight excluding hydrogens is 236 g/mol. The van der Waals surface area contributed by atoms with Crippen LogP contribution in [0.1, 0.15) is 31.4 Å². The van der Waals surface area contributed by atoms with Gasteiger partial charge in [0, 0.05) is 18.7 Å². The van der Waals surface area contributed by atoms with Crippen molar-refractivity contribution in [3.05, 3.63) is 47.0 Å². The first-order valence-corrected chi connectivity index (χ1v) is 6.71. The summed E-state index contributed by atoms with van der Waals surface area (Å²) in [6, 6.07) is 8.22. The van der Waals surface area contributed by atoms with Gasteiger partial charge in [-0.1, -0.05) is 37.3 Å². The van der Waals surface area contributed by atoms with E-state index >= 15 is 0 Å². The number of amides is 1. The molecule has 0 aliphatic heterocycles. The molecule has 0 saturated carbocycles. The van der Waals surface area contributed by atoms with Crippen molar-refractivity contribution in [2.45, 2.75) is 33.4 Å². The quantitative estimate of drug-likeness (QED) is 0.798. The lowest BCUT2D eigenvalue weighted by Crippen LogP contribution is -2.24. The number of nitrogens with zero attached hydrogens (tertiary/aromatic N) is 1. The molecule has 1 aromatic carbocycles. The van der Waals surface area contributed by atoms with E-state index in [0.717, 1.165) is 18.5 Å². The van der Waals surface area contributed by atoms with E-state index in [9.17, 15) is 4.79 Å². The van der Waals surface area contributed by atoms with Crippen LogP contribution in [0, 0.1) is 0 Å². The predicted octanol–water partition coefficient (Wildman–Crippen LogP) is 2.72. The van der Waals surface area contributed by atoms with Crippen LogP contribution in [0.2, 0.25) is 0 Å². The predicted molar refractivity (Wildman–Crippen MR) is 79.7 cm³/mol. The Morgan fingerprint density at radius 3 is 2.47 bits per heavy atom. The summed E-state index contributed by atoms with van der Waals surface area (Å²) in [4.78, 5) is 14.0. The van der Waals surface area contributed by atoms with Crippen molar-refractivity contribution in [3.63, 3.8) is 0 Å². The fraction of sp³-hybridized carbons (Fsp3) is 0.438. The van der Waals surface area contributed by atoms with E-state index in [0.29, 0.717) is 6.54 Å². The molecule has 0 atom stereocenters. The van der Waals surface area contributed by atoms with Gasteiger partial charge in [-0.2, -0.15) is 0 Å². The number of hydrogen-bond acceptors (Lipinski definition) is 2. The third-order valence-electron chi connectivity index (χ3n) is 2.91. The SMILES string of the molecule is CC/C=C(/C)C(=O)NCc1ccccc1CN(C)C. The molecule has 104 valence electrons. The van der Waals surface area contributed by atoms with E-state index < -0.39 is 0 Å². The lowest BCUT2D eigenvalue weighted by Gasteiger charge is -2.14. The van der Waals surface area contributed by atoms with Crippen molar-refractivity contribution in [3.8, 4) is 0 Å². The topological polar surface area (TPSA) is 32.3 Å². The molecule has 0 aliphatic rings. The fourth-order valence-electron chi connectivity index (χ4n) is 1.94. The van der Waals surface area contributed by atoms with Gasteiger partial charge < -0.3 is 10.2 Å². The summed E-state index contributed by atoms with van der Waals surface area (Å²) in [7, 11) is 4.09. The number of rotatable bonds is 6. The molecule has 0 unspecified atom stereocenters. The summed E-state index contributed by atoms with van der Waals surface area (Å²) in [6.07, 6.45) is 2.83. The third-order valence-corrected chi connectivity index (χ3v) is 2.91. The van der Waals surface area contributed by atoms with Crippen LogP contribution in [-0.4, -0.2) is 24.9 Å². The van der Waals surface area contributed by atoms with E-state index in [1.807, 2.05) is 46.2 Å². The monoisotopic (exact) mass is 260 g/mol. The maximum atomic E-state index is 11.8. The van der Waals surface area contributed by atoms with Crippen LogP contribution < -0.4 is 5.32 Å². The van der Waals surface area contributed by atoms with E-state index in [-0.39, 0.29) is 5.91 Å². The molecule has 0 heterocycles. The molecule has 0 radical (unpaired) electrons. The minimum Gasteiger partial charge on any atom is -0.348 e. The van der Waals surface area contributed by atoms with Crippen LogP contribution in [0.4, 0.5) is 0 Å². The van der Waals surface area contributed by atoms with Crippen molar-refractivity contribution in [2.75, 3.05) is 14.1 Å². The number of hydrogen-bond donors (Lipinski definition) is 1. The van der Waals surface area contributed by atoms with Crippen molar-refractivity contribution in [2.24, 2.45) is 0 Å². The standard InChI is InChI=1S/C16H24N2O/c1-5-8-13(2)16(19)17-11-14-9-6-7-10-15(14)12-18(3)4/h6-10H,5,11-12H2,1-4H3,(H,17,19)/b13-8-. The Bertz CT molecular complexity index is 450. The molecule has 1 rings (SSSR count). The molecule has 1 N–H and O–H groups in total. The van der Waals surface area contributed by atoms with Gasteiger partial charge in [-0.15, -0.1) is 0 Å². The van der Waals surface area contributed by atoms with Crippen molar-refractivity contribution >= 4 is 5.91 Å². The van der Waals surface area contributed by atoms with Crippen LogP contribution in [0.3, 0.4) is 0 Å². The molecule has 19 heavy (non-hydrogen) atoms. The Balaban J connectivity index is 2.67. The minimum absolute atomic E-state index is 0.0153. The summed E-state index contributed by atoms with van der Waals surface area (Å²) in [6.45, 7) is 5.35. The van der Waals surface area contributed by atoms with E-state index in [1.165, 1.54) is 11.1 Å². The van der Waals surface area contributed by atoms with Crippen molar-refractivity contribution in [1.82, 2.24) is 10.2 Å². The molecule has 1 amide bonds. The zero-order chi connectivity index (χ0) is 14.3. The summed E-state index contributed by atoms with van der Waals surface area (Å²) in [5, 5.41) is 2.97. The third kappa shape index (κ3) is 5.26. The molecule has 0 aliphatic carbocycles. The Hall–Kier alpha value is -1.61. The number of allylic oxidation sites excluding steroid dienone is 1. The van der Waals surface area contributed by atoms with Crippen LogP contribution in [0.25, 0.3) is 0 Å². The van der Waals surface area contributed by atoms with Crippen LogP contribution in [-0.2, 0) is 17.9 Å². The number of benzene rings is 1. The second-order valence-electron chi connectivity index (χ2n) is 4.98. The first-order chi connectivity index (χ1) is 9.04. The second-order valence-corrected chi connectivity index (χ2v) is 4.98. The Labute approximate surface area is 116 Å². The normalized spacial score (nSPS) is 11.7. The highest BCUT2D eigenvalue weighted by molar-refractivity contribution is 5.92. The molecule has 0 saturated heterocycles. The maximum absolute atomic E-state index is 11.8. The van der Waals surface area contributed by atoms with Crippen molar-refractivity contribution < 1.29 is 4.79 Å². The highest BCUT2D eigenvalue weighted by atomic mass is 16.1. The van der Waals surface area contributed by atoms with Gasteiger partial charge in [0.25, 0.3) is 0 Å². The Kier molecular flexibility index (Phi) is 6.30. The average Bonchev–Trinajstić information content (AvgIpc) is 2.37. The molecule has 0 bridgehead atoms. The molecule has 0 aromatic heterocycles. The van der Waals surface area contributed by atoms with Gasteiger partial charge in [0.1, 0.15) is 0 Å². The lowest BCUT2D eigenvalue weighted by atomic mass is 10.1. The highest BCUT2D eigenvalue weighted by Crippen LogP contribution is 2.10. The molecule has 0 spiro atoms. The molecule has 0 fully saturated rings. The first-order valence-electron chi connectivity index (χ1n) is 6.71. The summed E-state index contributed by atoms with van der Waals surface area (Å²) < 4.78 is 0. The van der Waals surface area contributed by atoms with Crippen LogP contribution in [0.15, 0.2) is 35.9 Å². The zero-order valence-electron chi connectivity index (χ0n) is 12.4. The molecule has 3 heteroatoms. The fourth-order valence-corrected chi connectivity index (χ4v) is 1.94. The van der Waals surface area contributed by atoms with Gasteiger partial charge in [-0.3, -0.25) is 4.79 Å². The largest absolute Gasteiger partial charge is 0.348 e. The number of nitrogens with one attached hydrogen (secondary N) is 1. The maximum Gasteiger partial charge on any atom is 0.246 e. The van der Waals surface area contributed by atoms with Gasteiger partial charge in [0.05, 0.1) is 0 Å². The zero-order valence-corrected chi connectivity index (χ0v) is 12.4. The Morgan fingerprint density at radius 2 is 1.89 bits per heavy atom. The van der Waals surface area contributed by atoms with Gasteiger partial charge >= 0.3 is 0 Å². The van der Waals surface area contributed by atoms with E-state index in [1.54, 1.807) is 0 Å². The Morgan fingerprint density at radius 1 is 1.26 bits per heavy atom. The second kappa shape index (κ2) is 7.74. The van der Waals surface area contributed by atoms with Gasteiger partial charge in [-0.25, -0.2) is 0 Å². The lowest BCUT2D eigenvalue weighted by molar-refractivity contribution is -0.117. The smallest absolute Gasteiger partial charge is 0.246 e. The van der Waals surface area contributed by atoms with Crippen molar-refractivity contribution in [1.29, 1.82) is 0 Å². The highest BCUT2D eigenvalue weighted by Gasteiger charge is 2.06. The number of carbonyl (C=O) groups excluding carboxylic acids is 1. The minimum atomic E-state index is 0.0153. The van der Waals surface area contributed by atoms with Gasteiger partial charge in [-0.05, 0) is 38.6 Å². The molecular formula is C16H24N2O. The molecule has 3 nitrogen and oxygen atoms in total. The summed E-state index contributed by atoms with van der Waals surface area (Å²) in [5.41, 5.74) is 3.21. The van der Waals surface area contributed by atoms with Crippen LogP contribution >= 0.6 is 0 Å². The first kappa shape index (κ1) is 15.4. The number of carbonyl (C=O) groups is 1. The van der Waals surface area contributed by atoms with Gasteiger partial charge in [0.15, 0.2) is 0 Å². The summed E-state index contributed by atoms with van der Waals surface area (Å²) in [5.74, 6) is 0.0153. The average molecular weight is 260 g/mol. The van der Waals surface area contributed by atoms with E-state index in [2.05, 4.69) is 22.3 Å². The van der Waals surface area contributed by atoms with Gasteiger partial charge in [0.2, 0.25) is 5.91 Å². The van der Waals surface area contributed by atoms with E-state index in [4.69, 9.17) is 0 Å². The van der Waals surface area contributed by atoms with Crippen LogP contribution in [0.5, 0.6) is 0 Å². The molecule has 1 aromatic rings. The summed E-state index contributed by atoms with van der Waals surface area (Å²) >= 11 is 0.